The zero-order valence-electron chi connectivity index (χ0n) is 16.2. The van der Waals surface area contributed by atoms with Crippen LogP contribution in [0, 0.1) is 0 Å². The fourth-order valence-corrected chi connectivity index (χ4v) is 4.31. The number of amidine groups is 1. The van der Waals surface area contributed by atoms with Gasteiger partial charge >= 0.3 is 0 Å². The minimum Gasteiger partial charge on any atom is -0.294 e. The molecule has 2 aromatic carbocycles. The molecule has 0 saturated heterocycles. The zero-order chi connectivity index (χ0) is 18.7. The first-order chi connectivity index (χ1) is 13.2. The Morgan fingerprint density at radius 1 is 0.963 bits per heavy atom. The number of hydrogen-bond acceptors (Lipinski definition) is 2. The summed E-state index contributed by atoms with van der Waals surface area (Å²) in [5, 5.41) is 0. The van der Waals surface area contributed by atoms with Gasteiger partial charge in [-0.15, -0.1) is 0 Å². The van der Waals surface area contributed by atoms with Crippen LogP contribution >= 0.6 is 0 Å². The minimum absolute atomic E-state index is 0.234. The van der Waals surface area contributed by atoms with Crippen LogP contribution in [0.4, 0.5) is 0 Å². The molecular weight excluding hydrogens is 332 g/mol. The highest BCUT2D eigenvalue weighted by atomic mass is 16.2. The van der Waals surface area contributed by atoms with Gasteiger partial charge in [0.15, 0.2) is 0 Å². The first kappa shape index (κ1) is 18.0. The predicted octanol–water partition coefficient (Wildman–Crippen LogP) is 5.60. The molecule has 27 heavy (non-hydrogen) atoms. The van der Waals surface area contributed by atoms with Crippen LogP contribution in [-0.4, -0.2) is 22.2 Å². The molecule has 1 aliphatic carbocycles. The van der Waals surface area contributed by atoms with Gasteiger partial charge in [0, 0.05) is 6.42 Å². The lowest BCUT2D eigenvalue weighted by Crippen LogP contribution is -2.40. The fourth-order valence-electron chi connectivity index (χ4n) is 4.31. The van der Waals surface area contributed by atoms with Crippen molar-refractivity contribution in [3.05, 3.63) is 60.2 Å². The van der Waals surface area contributed by atoms with E-state index in [1.165, 1.54) is 16.7 Å². The Hall–Kier alpha value is -2.42. The van der Waals surface area contributed by atoms with Crippen LogP contribution in [0.3, 0.4) is 0 Å². The van der Waals surface area contributed by atoms with Gasteiger partial charge in [0.05, 0.1) is 6.54 Å². The lowest BCUT2D eigenvalue weighted by molar-refractivity contribution is -0.131. The van der Waals surface area contributed by atoms with Crippen LogP contribution in [0.2, 0.25) is 0 Å². The van der Waals surface area contributed by atoms with Crippen molar-refractivity contribution < 1.29 is 4.79 Å². The minimum atomic E-state index is -0.437. The van der Waals surface area contributed by atoms with Gasteiger partial charge in [0.25, 0.3) is 5.91 Å². The fraction of sp³-hybridized carbons (Fsp3) is 0.417. The molecule has 1 spiro atoms. The summed E-state index contributed by atoms with van der Waals surface area (Å²) in [4.78, 5) is 20.2. The summed E-state index contributed by atoms with van der Waals surface area (Å²) in [5.74, 6) is 1.24. The standard InChI is InChI=1S/C24H28N2O/c1-2-3-11-22-25-24(16-7-8-17-24)23(27)26(22)18-19-12-14-21(15-13-19)20-9-5-4-6-10-20/h4-6,9-10,12-15H,2-3,7-8,11,16-18H2,1H3. The molecule has 140 valence electrons. The molecule has 0 unspecified atom stereocenters. The van der Waals surface area contributed by atoms with Crippen LogP contribution in [0.25, 0.3) is 11.1 Å². The van der Waals surface area contributed by atoms with Crippen LogP contribution in [0.15, 0.2) is 59.6 Å². The van der Waals surface area contributed by atoms with E-state index < -0.39 is 5.54 Å². The maximum absolute atomic E-state index is 13.2. The molecule has 0 bridgehead atoms. The highest BCUT2D eigenvalue weighted by molar-refractivity contribution is 6.08. The first-order valence-corrected chi connectivity index (χ1v) is 10.3. The van der Waals surface area contributed by atoms with E-state index in [0.717, 1.165) is 50.8 Å². The zero-order valence-corrected chi connectivity index (χ0v) is 16.2. The summed E-state index contributed by atoms with van der Waals surface area (Å²) in [6.45, 7) is 2.83. The number of carbonyl (C=O) groups is 1. The van der Waals surface area contributed by atoms with E-state index in [2.05, 4.69) is 55.5 Å². The molecule has 3 nitrogen and oxygen atoms in total. The third-order valence-electron chi connectivity index (χ3n) is 5.88. The van der Waals surface area contributed by atoms with Crippen molar-refractivity contribution in [2.24, 2.45) is 4.99 Å². The maximum Gasteiger partial charge on any atom is 0.256 e. The molecule has 0 N–H and O–H groups in total. The summed E-state index contributed by atoms with van der Waals surface area (Å²) in [5.41, 5.74) is 3.16. The molecule has 2 aromatic rings. The number of aliphatic imine (C=N–C) groups is 1. The van der Waals surface area contributed by atoms with Gasteiger partial charge in [0.1, 0.15) is 11.4 Å². The average Bonchev–Trinajstić information content (AvgIpc) is 3.29. The smallest absolute Gasteiger partial charge is 0.256 e. The topological polar surface area (TPSA) is 32.7 Å². The maximum atomic E-state index is 13.2. The Morgan fingerprint density at radius 3 is 2.30 bits per heavy atom. The number of rotatable bonds is 6. The van der Waals surface area contributed by atoms with Crippen LogP contribution in [0.5, 0.6) is 0 Å². The van der Waals surface area contributed by atoms with Gasteiger partial charge in [0.2, 0.25) is 0 Å². The molecule has 1 fully saturated rings. The molecule has 0 radical (unpaired) electrons. The molecule has 1 heterocycles. The molecule has 1 aliphatic heterocycles. The normalized spacial score (nSPS) is 18.3. The number of hydrogen-bond donors (Lipinski definition) is 0. The molecule has 0 aromatic heterocycles. The highest BCUT2D eigenvalue weighted by Crippen LogP contribution is 2.40. The van der Waals surface area contributed by atoms with E-state index >= 15 is 0 Å². The molecule has 3 heteroatoms. The van der Waals surface area contributed by atoms with E-state index in [4.69, 9.17) is 4.99 Å². The van der Waals surface area contributed by atoms with Crippen molar-refractivity contribution in [2.75, 3.05) is 0 Å². The Labute approximate surface area is 162 Å². The number of benzene rings is 2. The van der Waals surface area contributed by atoms with E-state index in [0.29, 0.717) is 6.54 Å². The second kappa shape index (κ2) is 7.67. The van der Waals surface area contributed by atoms with Crippen LogP contribution < -0.4 is 0 Å². The van der Waals surface area contributed by atoms with Crippen molar-refractivity contribution >= 4 is 11.7 Å². The Balaban J connectivity index is 1.53. The quantitative estimate of drug-likeness (QED) is 0.660. The lowest BCUT2D eigenvalue weighted by Gasteiger charge is -2.22. The summed E-state index contributed by atoms with van der Waals surface area (Å²) in [6.07, 6.45) is 7.21. The highest BCUT2D eigenvalue weighted by Gasteiger charge is 2.49. The summed E-state index contributed by atoms with van der Waals surface area (Å²) in [6, 6.07) is 19.0. The number of amides is 1. The SMILES string of the molecule is CCCCC1=NC2(CCCC2)C(=O)N1Cc1ccc(-c2ccccc2)cc1. The number of nitrogens with zero attached hydrogens (tertiary/aromatic N) is 2. The second-order valence-electron chi connectivity index (χ2n) is 7.82. The van der Waals surface area contributed by atoms with E-state index in [9.17, 15) is 4.79 Å². The summed E-state index contributed by atoms with van der Waals surface area (Å²) in [7, 11) is 0. The van der Waals surface area contributed by atoms with Crippen molar-refractivity contribution in [2.45, 2.75) is 64.0 Å². The van der Waals surface area contributed by atoms with Gasteiger partial charge in [-0.05, 0) is 36.0 Å². The van der Waals surface area contributed by atoms with Crippen LogP contribution in [-0.2, 0) is 11.3 Å². The molecular formula is C24H28N2O. The molecule has 2 aliphatic rings. The van der Waals surface area contributed by atoms with E-state index in [-0.39, 0.29) is 5.91 Å². The third kappa shape index (κ3) is 3.55. The first-order valence-electron chi connectivity index (χ1n) is 10.3. The third-order valence-corrected chi connectivity index (χ3v) is 5.88. The van der Waals surface area contributed by atoms with Crippen molar-refractivity contribution in [3.63, 3.8) is 0 Å². The Kier molecular flexibility index (Phi) is 5.11. The van der Waals surface area contributed by atoms with E-state index in [1.54, 1.807) is 0 Å². The summed E-state index contributed by atoms with van der Waals surface area (Å²) >= 11 is 0. The van der Waals surface area contributed by atoms with Crippen molar-refractivity contribution in [1.29, 1.82) is 0 Å². The predicted molar refractivity (Wildman–Crippen MR) is 111 cm³/mol. The van der Waals surface area contributed by atoms with Gasteiger partial charge in [-0.2, -0.15) is 0 Å². The number of carbonyl (C=O) groups excluding carboxylic acids is 1. The van der Waals surface area contributed by atoms with Crippen molar-refractivity contribution in [3.8, 4) is 11.1 Å². The number of unbranched alkanes of at least 4 members (excludes halogenated alkanes) is 1. The van der Waals surface area contributed by atoms with Gasteiger partial charge in [-0.25, -0.2) is 0 Å². The Morgan fingerprint density at radius 2 is 1.63 bits per heavy atom. The largest absolute Gasteiger partial charge is 0.294 e. The lowest BCUT2D eigenvalue weighted by atomic mass is 9.98. The second-order valence-corrected chi connectivity index (χ2v) is 7.82. The molecule has 4 rings (SSSR count). The Bertz CT molecular complexity index is 817. The van der Waals surface area contributed by atoms with Gasteiger partial charge in [-0.3, -0.25) is 14.7 Å². The average molecular weight is 361 g/mol. The molecule has 0 atom stereocenters. The monoisotopic (exact) mass is 360 g/mol. The molecule has 1 amide bonds. The van der Waals surface area contributed by atoms with Gasteiger partial charge < -0.3 is 0 Å². The van der Waals surface area contributed by atoms with Crippen LogP contribution in [0.1, 0.15) is 57.4 Å². The van der Waals surface area contributed by atoms with Gasteiger partial charge in [-0.1, -0.05) is 80.8 Å². The van der Waals surface area contributed by atoms with Crippen molar-refractivity contribution in [1.82, 2.24) is 4.90 Å². The molecule has 1 saturated carbocycles. The van der Waals surface area contributed by atoms with E-state index in [1.807, 2.05) is 11.0 Å². The summed E-state index contributed by atoms with van der Waals surface area (Å²) < 4.78 is 0.